The van der Waals surface area contributed by atoms with Crippen LogP contribution in [0.15, 0.2) is 36.0 Å². The Kier molecular flexibility index (Phi) is 4.26. The molecule has 4 heterocycles. The Balaban J connectivity index is 1.31. The van der Waals surface area contributed by atoms with Crippen molar-refractivity contribution in [2.75, 3.05) is 31.2 Å². The van der Waals surface area contributed by atoms with E-state index in [1.165, 1.54) is 10.9 Å². The van der Waals surface area contributed by atoms with Gasteiger partial charge in [-0.25, -0.2) is 0 Å². The van der Waals surface area contributed by atoms with Crippen molar-refractivity contribution >= 4 is 27.4 Å². The van der Waals surface area contributed by atoms with Gasteiger partial charge in [0, 0.05) is 44.1 Å². The summed E-state index contributed by atoms with van der Waals surface area (Å²) >= 11 is 1.60. The van der Waals surface area contributed by atoms with E-state index in [4.69, 9.17) is 9.47 Å². The molecule has 3 aromatic rings. The molecule has 2 aliphatic heterocycles. The van der Waals surface area contributed by atoms with Crippen LogP contribution >= 0.6 is 11.3 Å². The highest BCUT2D eigenvalue weighted by Gasteiger charge is 2.24. The fourth-order valence-corrected chi connectivity index (χ4v) is 4.59. The number of aromatic nitrogens is 3. The van der Waals surface area contributed by atoms with Crippen molar-refractivity contribution in [2.24, 2.45) is 0 Å². The van der Waals surface area contributed by atoms with Gasteiger partial charge < -0.3 is 18.9 Å². The fraction of sp³-hybridized carbons (Fsp3) is 0.474. The summed E-state index contributed by atoms with van der Waals surface area (Å²) in [6.45, 7) is 3.60. The van der Waals surface area contributed by atoms with E-state index in [1.807, 2.05) is 0 Å². The van der Waals surface area contributed by atoms with Gasteiger partial charge in [0.05, 0.1) is 18.2 Å². The summed E-state index contributed by atoms with van der Waals surface area (Å²) in [5, 5.41) is 10.3. The molecule has 2 fully saturated rings. The molecule has 1 unspecified atom stereocenters. The predicted molar refractivity (Wildman–Crippen MR) is 102 cm³/mol. The van der Waals surface area contributed by atoms with E-state index in [0.717, 1.165) is 56.4 Å². The van der Waals surface area contributed by atoms with Crippen LogP contribution in [0.3, 0.4) is 0 Å². The molecule has 1 aromatic carbocycles. The summed E-state index contributed by atoms with van der Waals surface area (Å²) < 4.78 is 14.3. The van der Waals surface area contributed by atoms with Gasteiger partial charge in [0.2, 0.25) is 5.13 Å². The molecule has 7 heteroatoms. The van der Waals surface area contributed by atoms with E-state index in [1.54, 1.807) is 16.8 Å². The van der Waals surface area contributed by atoms with Gasteiger partial charge in [-0.05, 0) is 24.6 Å². The van der Waals surface area contributed by atoms with Crippen molar-refractivity contribution in [3.05, 3.63) is 36.0 Å². The first-order valence-corrected chi connectivity index (χ1v) is 10.1. The predicted octanol–water partition coefficient (Wildman–Crippen LogP) is 3.50. The second kappa shape index (κ2) is 6.89. The number of fused-ring (bicyclic) bond motifs is 1. The molecule has 136 valence electrons. The van der Waals surface area contributed by atoms with Crippen molar-refractivity contribution in [1.29, 1.82) is 0 Å². The Hall–Kier alpha value is -2.12. The number of rotatable bonds is 4. The first kappa shape index (κ1) is 16.1. The SMILES string of the molecule is c1cc(OC2CCN(c3nncs3)CC2)c2ccn(C3CCOC3)c2c1. The van der Waals surface area contributed by atoms with Gasteiger partial charge >= 0.3 is 0 Å². The highest BCUT2D eigenvalue weighted by molar-refractivity contribution is 7.13. The zero-order valence-corrected chi connectivity index (χ0v) is 15.4. The second-order valence-electron chi connectivity index (χ2n) is 6.95. The van der Waals surface area contributed by atoms with Crippen LogP contribution in [0.4, 0.5) is 5.13 Å². The van der Waals surface area contributed by atoms with E-state index in [-0.39, 0.29) is 6.10 Å². The monoisotopic (exact) mass is 370 g/mol. The summed E-state index contributed by atoms with van der Waals surface area (Å²) in [4.78, 5) is 2.30. The van der Waals surface area contributed by atoms with Gasteiger partial charge in [-0.1, -0.05) is 17.4 Å². The minimum atomic E-state index is 0.253. The molecule has 0 radical (unpaired) electrons. The van der Waals surface area contributed by atoms with Crippen LogP contribution < -0.4 is 9.64 Å². The van der Waals surface area contributed by atoms with Crippen LogP contribution in [-0.2, 0) is 4.74 Å². The van der Waals surface area contributed by atoms with E-state index < -0.39 is 0 Å². The van der Waals surface area contributed by atoms with Crippen LogP contribution in [0.5, 0.6) is 5.75 Å². The molecule has 5 rings (SSSR count). The van der Waals surface area contributed by atoms with Gasteiger partial charge in [-0.15, -0.1) is 10.2 Å². The molecule has 2 aromatic heterocycles. The lowest BCUT2D eigenvalue weighted by Crippen LogP contribution is -2.38. The molecular weight excluding hydrogens is 348 g/mol. The van der Waals surface area contributed by atoms with Gasteiger partial charge in [-0.2, -0.15) is 0 Å². The van der Waals surface area contributed by atoms with Gasteiger partial charge in [-0.3, -0.25) is 0 Å². The zero-order chi connectivity index (χ0) is 17.3. The van der Waals surface area contributed by atoms with Crippen molar-refractivity contribution in [3.63, 3.8) is 0 Å². The largest absolute Gasteiger partial charge is 0.490 e. The number of nitrogens with zero attached hydrogens (tertiary/aromatic N) is 4. The lowest BCUT2D eigenvalue weighted by Gasteiger charge is -2.31. The Morgan fingerprint density at radius 3 is 2.85 bits per heavy atom. The Labute approximate surface area is 156 Å². The Bertz CT molecular complexity index is 865. The maximum absolute atomic E-state index is 6.41. The topological polar surface area (TPSA) is 52.4 Å². The van der Waals surface area contributed by atoms with Crippen LogP contribution in [0, 0.1) is 0 Å². The summed E-state index contributed by atoms with van der Waals surface area (Å²) in [7, 11) is 0. The van der Waals surface area contributed by atoms with Crippen LogP contribution in [0.1, 0.15) is 25.3 Å². The third-order valence-corrected chi connectivity index (χ3v) is 6.13. The van der Waals surface area contributed by atoms with Crippen molar-refractivity contribution in [2.45, 2.75) is 31.4 Å². The maximum atomic E-state index is 6.41. The van der Waals surface area contributed by atoms with Crippen LogP contribution in [-0.4, -0.2) is 47.2 Å². The highest BCUT2D eigenvalue weighted by Crippen LogP contribution is 2.33. The molecule has 0 bridgehead atoms. The van der Waals surface area contributed by atoms with E-state index in [0.29, 0.717) is 6.04 Å². The van der Waals surface area contributed by atoms with Crippen LogP contribution in [0.25, 0.3) is 10.9 Å². The van der Waals surface area contributed by atoms with Crippen LogP contribution in [0.2, 0.25) is 0 Å². The van der Waals surface area contributed by atoms with E-state index in [2.05, 4.69) is 50.1 Å². The fourth-order valence-electron chi connectivity index (χ4n) is 3.97. The summed E-state index contributed by atoms with van der Waals surface area (Å²) in [6, 6.07) is 8.99. The van der Waals surface area contributed by atoms with Crippen molar-refractivity contribution < 1.29 is 9.47 Å². The van der Waals surface area contributed by atoms with Gasteiger partial charge in [0.25, 0.3) is 0 Å². The summed E-state index contributed by atoms with van der Waals surface area (Å²) in [6.07, 6.45) is 5.52. The quantitative estimate of drug-likeness (QED) is 0.703. The number of hydrogen-bond acceptors (Lipinski definition) is 6. The Morgan fingerprint density at radius 2 is 2.08 bits per heavy atom. The lowest BCUT2D eigenvalue weighted by atomic mass is 10.1. The molecule has 26 heavy (non-hydrogen) atoms. The lowest BCUT2D eigenvalue weighted by molar-refractivity contribution is 0.173. The Morgan fingerprint density at radius 1 is 1.15 bits per heavy atom. The molecule has 2 aliphatic rings. The molecule has 2 saturated heterocycles. The molecule has 0 spiro atoms. The third kappa shape index (κ3) is 2.95. The molecule has 1 atom stereocenters. The van der Waals surface area contributed by atoms with Gasteiger partial charge in [0.1, 0.15) is 17.4 Å². The average Bonchev–Trinajstić information content (AvgIpc) is 3.43. The smallest absolute Gasteiger partial charge is 0.208 e. The van der Waals surface area contributed by atoms with Crippen molar-refractivity contribution in [3.8, 4) is 5.75 Å². The van der Waals surface area contributed by atoms with Crippen molar-refractivity contribution in [1.82, 2.24) is 14.8 Å². The average molecular weight is 370 g/mol. The minimum Gasteiger partial charge on any atom is -0.490 e. The standard InChI is InChI=1S/C19H22N4O2S/c1-2-17-16(6-10-23(17)14-7-11-24-12-14)18(3-1)25-15-4-8-22(9-5-15)19-21-20-13-26-19/h1-3,6,10,13-15H,4-5,7-9,11-12H2. The number of benzene rings is 1. The molecule has 0 amide bonds. The molecular formula is C19H22N4O2S. The number of ether oxygens (including phenoxy) is 2. The normalized spacial score (nSPS) is 21.5. The first-order valence-electron chi connectivity index (χ1n) is 9.23. The van der Waals surface area contributed by atoms with Gasteiger partial charge in [0.15, 0.2) is 0 Å². The maximum Gasteiger partial charge on any atom is 0.208 e. The molecule has 0 N–H and O–H groups in total. The van der Waals surface area contributed by atoms with E-state index >= 15 is 0 Å². The third-order valence-electron chi connectivity index (χ3n) is 5.38. The highest BCUT2D eigenvalue weighted by atomic mass is 32.1. The molecule has 0 aliphatic carbocycles. The first-order chi connectivity index (χ1) is 12.9. The number of piperidine rings is 1. The number of anilines is 1. The number of hydrogen-bond donors (Lipinski definition) is 0. The zero-order valence-electron chi connectivity index (χ0n) is 14.6. The second-order valence-corrected chi connectivity index (χ2v) is 7.77. The minimum absolute atomic E-state index is 0.253. The molecule has 6 nitrogen and oxygen atoms in total. The molecule has 0 saturated carbocycles. The van der Waals surface area contributed by atoms with E-state index in [9.17, 15) is 0 Å². The summed E-state index contributed by atoms with van der Waals surface area (Å²) in [5.74, 6) is 0.995. The summed E-state index contributed by atoms with van der Waals surface area (Å²) in [5.41, 5.74) is 3.03.